The first-order valence-corrected chi connectivity index (χ1v) is 7.52. The summed E-state index contributed by atoms with van der Waals surface area (Å²) in [6, 6.07) is 4.30. The average molecular weight is 288 g/mol. The molecule has 21 heavy (non-hydrogen) atoms. The van der Waals surface area contributed by atoms with Crippen molar-refractivity contribution < 1.29 is 9.59 Å². The summed E-state index contributed by atoms with van der Waals surface area (Å²) >= 11 is 0. The van der Waals surface area contributed by atoms with Crippen molar-refractivity contribution in [1.82, 2.24) is 5.32 Å². The Kier molecular flexibility index (Phi) is 4.47. The number of carbonyl (C=O) groups excluding carboxylic acids is 2. The number of hydrogen-bond donors (Lipinski definition) is 1. The van der Waals surface area contributed by atoms with Crippen LogP contribution < -0.4 is 10.2 Å². The van der Waals surface area contributed by atoms with Gasteiger partial charge in [0.1, 0.15) is 0 Å². The van der Waals surface area contributed by atoms with E-state index in [2.05, 4.69) is 26.1 Å². The summed E-state index contributed by atoms with van der Waals surface area (Å²) in [4.78, 5) is 26.2. The Morgan fingerprint density at radius 2 is 1.71 bits per heavy atom. The van der Waals surface area contributed by atoms with E-state index in [1.807, 2.05) is 26.0 Å². The molecule has 0 radical (unpaired) electrons. The number of nitrogens with one attached hydrogen (secondary N) is 1. The zero-order valence-corrected chi connectivity index (χ0v) is 13.5. The van der Waals surface area contributed by atoms with Gasteiger partial charge in [0, 0.05) is 12.6 Å². The standard InChI is InChI=1S/C17H24N2O2/c1-10(2)18-8-11(3)9-19-15-13(5)7-6-12(4)14(15)16(20)17(19)21/h6-7,10-11,18H,8-9H2,1-5H3. The molecule has 0 fully saturated rings. The van der Waals surface area contributed by atoms with Crippen LogP contribution in [0.3, 0.4) is 0 Å². The van der Waals surface area contributed by atoms with Crippen molar-refractivity contribution in [3.05, 3.63) is 28.8 Å². The van der Waals surface area contributed by atoms with Crippen LogP contribution in [-0.2, 0) is 4.79 Å². The molecule has 1 amide bonds. The number of fused-ring (bicyclic) bond motifs is 1. The smallest absolute Gasteiger partial charge is 0.299 e. The average Bonchev–Trinajstić information content (AvgIpc) is 2.67. The van der Waals surface area contributed by atoms with E-state index in [1.54, 1.807) is 4.90 Å². The summed E-state index contributed by atoms with van der Waals surface area (Å²) in [5, 5.41) is 3.37. The van der Waals surface area contributed by atoms with E-state index < -0.39 is 5.91 Å². The van der Waals surface area contributed by atoms with E-state index in [-0.39, 0.29) is 11.7 Å². The Labute approximate surface area is 126 Å². The highest BCUT2D eigenvalue weighted by atomic mass is 16.2. The van der Waals surface area contributed by atoms with E-state index in [1.165, 1.54) is 0 Å². The van der Waals surface area contributed by atoms with Crippen LogP contribution in [0, 0.1) is 19.8 Å². The fourth-order valence-electron chi connectivity index (χ4n) is 2.75. The third-order valence-corrected chi connectivity index (χ3v) is 3.89. The largest absolute Gasteiger partial charge is 0.314 e. The third kappa shape index (κ3) is 3.00. The first kappa shape index (κ1) is 15.7. The van der Waals surface area contributed by atoms with Crippen LogP contribution >= 0.6 is 0 Å². The molecule has 1 aromatic rings. The molecule has 1 atom stereocenters. The Morgan fingerprint density at radius 1 is 1.10 bits per heavy atom. The molecule has 0 saturated heterocycles. The fourth-order valence-corrected chi connectivity index (χ4v) is 2.75. The summed E-state index contributed by atoms with van der Waals surface area (Å²) in [6.07, 6.45) is 0. The number of aryl methyl sites for hydroxylation is 2. The van der Waals surface area contributed by atoms with E-state index in [0.29, 0.717) is 18.2 Å². The zero-order chi connectivity index (χ0) is 15.7. The van der Waals surface area contributed by atoms with Gasteiger partial charge in [-0.3, -0.25) is 9.59 Å². The van der Waals surface area contributed by atoms with Gasteiger partial charge in [0.25, 0.3) is 11.7 Å². The van der Waals surface area contributed by atoms with Crippen molar-refractivity contribution in [3.63, 3.8) is 0 Å². The van der Waals surface area contributed by atoms with Crippen molar-refractivity contribution in [3.8, 4) is 0 Å². The summed E-state index contributed by atoms with van der Waals surface area (Å²) in [7, 11) is 0. The van der Waals surface area contributed by atoms with E-state index >= 15 is 0 Å². The highest BCUT2D eigenvalue weighted by Gasteiger charge is 2.38. The Hall–Kier alpha value is -1.68. The number of rotatable bonds is 5. The minimum Gasteiger partial charge on any atom is -0.314 e. The summed E-state index contributed by atoms with van der Waals surface area (Å²) in [5.74, 6) is -0.468. The molecule has 1 aliphatic rings. The molecule has 114 valence electrons. The van der Waals surface area contributed by atoms with Crippen molar-refractivity contribution in [2.24, 2.45) is 5.92 Å². The van der Waals surface area contributed by atoms with Gasteiger partial charge in [-0.2, -0.15) is 0 Å². The first-order valence-electron chi connectivity index (χ1n) is 7.52. The quantitative estimate of drug-likeness (QED) is 0.847. The number of nitrogens with zero attached hydrogens (tertiary/aromatic N) is 1. The van der Waals surface area contributed by atoms with Gasteiger partial charge < -0.3 is 10.2 Å². The number of amides is 1. The van der Waals surface area contributed by atoms with Crippen LogP contribution in [0.15, 0.2) is 12.1 Å². The number of Topliss-reactive ketones (excluding diaryl/α,β-unsaturated/α-hetero) is 1. The molecular formula is C17H24N2O2. The van der Waals surface area contributed by atoms with Crippen molar-refractivity contribution in [1.29, 1.82) is 0 Å². The lowest BCUT2D eigenvalue weighted by Crippen LogP contribution is -2.38. The van der Waals surface area contributed by atoms with Crippen molar-refractivity contribution >= 4 is 17.4 Å². The van der Waals surface area contributed by atoms with Crippen molar-refractivity contribution in [2.75, 3.05) is 18.0 Å². The third-order valence-electron chi connectivity index (χ3n) is 3.89. The number of hydrogen-bond acceptors (Lipinski definition) is 3. The monoisotopic (exact) mass is 288 g/mol. The molecule has 1 unspecified atom stereocenters. The molecule has 1 heterocycles. The van der Waals surface area contributed by atoms with Gasteiger partial charge in [0.15, 0.2) is 0 Å². The molecule has 0 aromatic heterocycles. The molecule has 0 aliphatic carbocycles. The second-order valence-electron chi connectivity index (χ2n) is 6.34. The van der Waals surface area contributed by atoms with Gasteiger partial charge in [-0.1, -0.05) is 32.9 Å². The van der Waals surface area contributed by atoms with Crippen LogP contribution in [0.5, 0.6) is 0 Å². The normalized spacial score (nSPS) is 15.8. The second-order valence-corrected chi connectivity index (χ2v) is 6.34. The van der Waals surface area contributed by atoms with E-state index in [4.69, 9.17) is 0 Å². The predicted molar refractivity (Wildman–Crippen MR) is 84.9 cm³/mol. The lowest BCUT2D eigenvalue weighted by atomic mass is 10.0. The number of benzene rings is 1. The van der Waals surface area contributed by atoms with Crippen LogP contribution in [0.4, 0.5) is 5.69 Å². The van der Waals surface area contributed by atoms with Crippen molar-refractivity contribution in [2.45, 2.75) is 40.7 Å². The molecular weight excluding hydrogens is 264 g/mol. The number of ketones is 1. The maximum atomic E-state index is 12.3. The van der Waals surface area contributed by atoms with E-state index in [9.17, 15) is 9.59 Å². The second kappa shape index (κ2) is 5.98. The Bertz CT molecular complexity index is 578. The number of anilines is 1. The van der Waals surface area contributed by atoms with E-state index in [0.717, 1.165) is 23.4 Å². The van der Waals surface area contributed by atoms with Crippen LogP contribution in [0.2, 0.25) is 0 Å². The Balaban J connectivity index is 2.25. The van der Waals surface area contributed by atoms with Gasteiger partial charge in [-0.15, -0.1) is 0 Å². The topological polar surface area (TPSA) is 49.4 Å². The molecule has 0 bridgehead atoms. The van der Waals surface area contributed by atoms with Gasteiger partial charge in [-0.05, 0) is 37.4 Å². The molecule has 2 rings (SSSR count). The highest BCUT2D eigenvalue weighted by Crippen LogP contribution is 2.34. The molecule has 4 nitrogen and oxygen atoms in total. The molecule has 1 aliphatic heterocycles. The molecule has 1 aromatic carbocycles. The summed E-state index contributed by atoms with van der Waals surface area (Å²) in [6.45, 7) is 11.5. The summed E-state index contributed by atoms with van der Waals surface area (Å²) in [5.41, 5.74) is 3.26. The molecule has 0 spiro atoms. The number of carbonyl (C=O) groups is 2. The fraction of sp³-hybridized carbons (Fsp3) is 0.529. The Morgan fingerprint density at radius 3 is 2.33 bits per heavy atom. The maximum absolute atomic E-state index is 12.3. The summed E-state index contributed by atoms with van der Waals surface area (Å²) < 4.78 is 0. The molecule has 1 N–H and O–H groups in total. The van der Waals surface area contributed by atoms with Gasteiger partial charge >= 0.3 is 0 Å². The first-order chi connectivity index (χ1) is 9.82. The SMILES string of the molecule is Cc1ccc(C)c2c1C(=O)C(=O)N2CC(C)CNC(C)C. The van der Waals surface area contributed by atoms with Crippen LogP contribution in [-0.4, -0.2) is 30.8 Å². The minimum atomic E-state index is -0.390. The van der Waals surface area contributed by atoms with Crippen LogP contribution in [0.25, 0.3) is 0 Å². The molecule has 0 saturated carbocycles. The lowest BCUT2D eigenvalue weighted by Gasteiger charge is -2.23. The lowest BCUT2D eigenvalue weighted by molar-refractivity contribution is -0.114. The van der Waals surface area contributed by atoms with Crippen LogP contribution in [0.1, 0.15) is 42.3 Å². The van der Waals surface area contributed by atoms with Gasteiger partial charge in [0.05, 0.1) is 11.3 Å². The maximum Gasteiger partial charge on any atom is 0.299 e. The minimum absolute atomic E-state index is 0.287. The van der Waals surface area contributed by atoms with Gasteiger partial charge in [-0.25, -0.2) is 0 Å². The molecule has 4 heteroatoms. The highest BCUT2D eigenvalue weighted by molar-refractivity contribution is 6.52. The zero-order valence-electron chi connectivity index (χ0n) is 13.5. The van der Waals surface area contributed by atoms with Gasteiger partial charge in [0.2, 0.25) is 0 Å². The predicted octanol–water partition coefficient (Wildman–Crippen LogP) is 2.47.